The van der Waals surface area contributed by atoms with E-state index in [1.54, 1.807) is 0 Å². The molecule has 0 heterocycles. The van der Waals surface area contributed by atoms with Gasteiger partial charge in [0.25, 0.3) is 0 Å². The van der Waals surface area contributed by atoms with Crippen LogP contribution in [-0.2, 0) is 10.4 Å². The van der Waals surface area contributed by atoms with Crippen LogP contribution < -0.4 is 59.1 Å². The largest absolute Gasteiger partial charge is 1.00 e. The van der Waals surface area contributed by atoms with Crippen LogP contribution in [0.2, 0.25) is 0 Å². The van der Waals surface area contributed by atoms with Gasteiger partial charge in [-0.15, -0.1) is 0 Å². The van der Waals surface area contributed by atoms with Gasteiger partial charge in [0.15, 0.2) is 12.3 Å². The van der Waals surface area contributed by atoms with Crippen molar-refractivity contribution in [1.29, 1.82) is 0 Å². The van der Waals surface area contributed by atoms with Crippen LogP contribution in [0.5, 0.6) is 0 Å². The molecule has 0 aromatic carbocycles. The van der Waals surface area contributed by atoms with Crippen molar-refractivity contribution in [1.82, 2.24) is 0 Å². The molecule has 0 aliphatic rings. The molecule has 0 aromatic rings. The second-order valence-corrected chi connectivity index (χ2v) is 1.47. The molecule has 0 saturated heterocycles. The summed E-state index contributed by atoms with van der Waals surface area (Å²) in [5, 5.41) is 0. The summed E-state index contributed by atoms with van der Waals surface area (Å²) in [6.45, 7) is 0. The van der Waals surface area contributed by atoms with E-state index in [0.29, 0.717) is 0 Å². The molecule has 0 atom stereocenters. The Morgan fingerprint density at radius 3 is 1.10 bits per heavy atom. The van der Waals surface area contributed by atoms with E-state index in [2.05, 4.69) is 0 Å². The van der Waals surface area contributed by atoms with Gasteiger partial charge in [-0.1, -0.05) is 0 Å². The molecule has 0 aliphatic heterocycles. The van der Waals surface area contributed by atoms with Crippen LogP contribution in [0.15, 0.2) is 0 Å². The normalized spacial score (nSPS) is 7.60. The third-order valence-electron chi connectivity index (χ3n) is 0. The van der Waals surface area contributed by atoms with Gasteiger partial charge in [-0.25, -0.2) is 0 Å². The molecule has 0 radical (unpaired) electrons. The smallest absolute Gasteiger partial charge is 0.759 e. The first kappa shape index (κ1) is 22.7. The van der Waals surface area contributed by atoms with E-state index in [0.717, 1.165) is 0 Å². The van der Waals surface area contributed by atoms with Crippen LogP contribution in [0.4, 0.5) is 0 Å². The minimum atomic E-state index is -5.17. The molecule has 0 aliphatic carbocycles. The molecule has 10 heteroatoms. The number of hydrogen-bond donors (Lipinski definition) is 2. The van der Waals surface area contributed by atoms with Gasteiger partial charge in [-0.3, -0.25) is 8.42 Å². The van der Waals surface area contributed by atoms with Crippen LogP contribution in [0.25, 0.3) is 0 Å². The van der Waals surface area contributed by atoms with Crippen molar-refractivity contribution in [2.24, 2.45) is 0 Å². The molecule has 0 unspecified atom stereocenters. The van der Waals surface area contributed by atoms with Crippen LogP contribution in [0, 0.1) is 0 Å². The molecule has 2 N–H and O–H groups in total. The summed E-state index contributed by atoms with van der Waals surface area (Å²) in [5.41, 5.74) is 0. The van der Waals surface area contributed by atoms with Gasteiger partial charge < -0.3 is 18.2 Å². The topological polar surface area (TPSA) is 121 Å². The molecule has 0 saturated carbocycles. The Kier molecular flexibility index (Phi) is 31.2. The Balaban J connectivity index is -0.0000000326. The molecule has 6 nitrogen and oxygen atoms in total. The van der Waals surface area contributed by atoms with Crippen molar-refractivity contribution in [3.63, 3.8) is 0 Å². The summed E-state index contributed by atoms with van der Waals surface area (Å²) >= 11 is -0.250. The second-order valence-electron chi connectivity index (χ2n) is 0.490. The second kappa shape index (κ2) is 13.7. The molecule has 52 valence electrons. The fourth-order valence-corrected chi connectivity index (χ4v) is 0. The molecule has 0 aromatic heterocycles. The maximum Gasteiger partial charge on any atom is 1.00 e. The first-order valence-corrected chi connectivity index (χ1v) is 3.10. The van der Waals surface area contributed by atoms with Gasteiger partial charge in [-0.2, -0.15) is 0 Å². The standard InChI is InChI=1S/2Na.H2O4S.H2O2S/c;;1-5(2,3)4;1-3-2/h;;(H2,1,2,3,4);1-2H/q2*+1;;/p-2. The van der Waals surface area contributed by atoms with Crippen molar-refractivity contribution in [3.8, 4) is 0 Å². The zero-order valence-corrected chi connectivity index (χ0v) is 11.0. The average molecular weight is 208 g/mol. The van der Waals surface area contributed by atoms with E-state index in [-0.39, 0.29) is 71.4 Å². The van der Waals surface area contributed by atoms with Gasteiger partial charge in [0, 0.05) is 10.4 Å². The Hall–Kier alpha value is 2.14. The van der Waals surface area contributed by atoms with Crippen molar-refractivity contribution in [2.75, 3.05) is 0 Å². The minimum Gasteiger partial charge on any atom is -0.759 e. The van der Waals surface area contributed by atoms with E-state index >= 15 is 0 Å². The molecule has 10 heavy (non-hydrogen) atoms. The predicted molar refractivity (Wildman–Crippen MR) is 23.3 cm³/mol. The molecule has 0 bridgehead atoms. The van der Waals surface area contributed by atoms with E-state index < -0.39 is 10.4 Å². The van der Waals surface area contributed by atoms with Crippen molar-refractivity contribution in [3.05, 3.63) is 0 Å². The van der Waals surface area contributed by atoms with Crippen molar-refractivity contribution in [2.45, 2.75) is 0 Å². The van der Waals surface area contributed by atoms with Gasteiger partial charge in [0.2, 0.25) is 0 Å². The molecular weight excluding hydrogens is 206 g/mol. The van der Waals surface area contributed by atoms with E-state index in [1.165, 1.54) is 0 Å². The quantitative estimate of drug-likeness (QED) is 0.176. The number of rotatable bonds is 0. The first-order chi connectivity index (χ1) is 3.41. The maximum atomic E-state index is 8.52. The fourth-order valence-electron chi connectivity index (χ4n) is 0. The van der Waals surface area contributed by atoms with E-state index in [4.69, 9.17) is 26.6 Å². The SMILES string of the molecule is O=S(=O)([O-])[O-].OSO.[Na+].[Na+]. The summed E-state index contributed by atoms with van der Waals surface area (Å²) in [7, 11) is -5.17. The molecule has 0 rings (SSSR count). The Morgan fingerprint density at radius 1 is 1.10 bits per heavy atom. The van der Waals surface area contributed by atoms with E-state index in [1.807, 2.05) is 0 Å². The Labute approximate surface area is 107 Å². The fraction of sp³-hybridized carbons (Fsp3) is 0. The molecule has 0 fully saturated rings. The van der Waals surface area contributed by atoms with Gasteiger partial charge in [0.05, 0.1) is 0 Å². The molecule has 0 amide bonds. The summed E-state index contributed by atoms with van der Waals surface area (Å²) in [6, 6.07) is 0. The first-order valence-electron chi connectivity index (χ1n) is 1.03. The summed E-state index contributed by atoms with van der Waals surface area (Å²) in [6.07, 6.45) is 0. The van der Waals surface area contributed by atoms with Crippen LogP contribution in [0.1, 0.15) is 0 Å². The third kappa shape index (κ3) is 185. The Bertz CT molecular complexity index is 108. The summed E-state index contributed by atoms with van der Waals surface area (Å²) in [5.74, 6) is 0. The van der Waals surface area contributed by atoms with Crippen molar-refractivity contribution < 1.29 is 85.7 Å². The zero-order valence-electron chi connectivity index (χ0n) is 5.34. The third-order valence-corrected chi connectivity index (χ3v) is 0. The van der Waals surface area contributed by atoms with E-state index in [9.17, 15) is 0 Å². The van der Waals surface area contributed by atoms with Crippen LogP contribution in [-0.4, -0.2) is 26.6 Å². The average Bonchev–Trinajstić information content (AvgIpc) is 1.27. The van der Waals surface area contributed by atoms with Crippen LogP contribution in [0.3, 0.4) is 0 Å². The summed E-state index contributed by atoms with van der Waals surface area (Å²) < 4.78 is 48.2. The van der Waals surface area contributed by atoms with Gasteiger partial charge in [-0.05, 0) is 0 Å². The van der Waals surface area contributed by atoms with Crippen LogP contribution >= 0.6 is 12.3 Å². The zero-order chi connectivity index (χ0) is 7.21. The predicted octanol–water partition coefficient (Wildman–Crippen LogP) is -6.66. The number of hydrogen-bond acceptors (Lipinski definition) is 7. The van der Waals surface area contributed by atoms with Gasteiger partial charge in [0.1, 0.15) is 0 Å². The Morgan fingerprint density at radius 2 is 1.10 bits per heavy atom. The summed E-state index contributed by atoms with van der Waals surface area (Å²) in [4.78, 5) is 0. The van der Waals surface area contributed by atoms with Crippen molar-refractivity contribution >= 4 is 22.7 Å². The minimum absolute atomic E-state index is 0. The maximum absolute atomic E-state index is 8.52. The monoisotopic (exact) mass is 208 g/mol. The molecular formula is H2Na2O6S2. The molecule has 0 spiro atoms. The van der Waals surface area contributed by atoms with Gasteiger partial charge >= 0.3 is 59.1 Å².